The number of carboxylic acid groups (broad SMARTS) is 1. The number of hydrogen-bond donors (Lipinski definition) is 1. The highest BCUT2D eigenvalue weighted by atomic mass is 32.1. The average Bonchev–Trinajstić information content (AvgIpc) is 3.52. The van der Waals surface area contributed by atoms with Gasteiger partial charge in [0, 0.05) is 31.3 Å². The zero-order valence-electron chi connectivity index (χ0n) is 22.6. The van der Waals surface area contributed by atoms with Gasteiger partial charge in [0.05, 0.1) is 18.0 Å². The lowest BCUT2D eigenvalue weighted by Crippen LogP contribution is -2.35. The van der Waals surface area contributed by atoms with Gasteiger partial charge in [0.2, 0.25) is 0 Å². The third kappa shape index (κ3) is 6.95. The van der Waals surface area contributed by atoms with Crippen molar-refractivity contribution in [1.29, 1.82) is 0 Å². The Hall–Kier alpha value is -4.43. The Labute approximate surface area is 238 Å². The van der Waals surface area contributed by atoms with Crippen molar-refractivity contribution in [1.82, 2.24) is 4.90 Å². The summed E-state index contributed by atoms with van der Waals surface area (Å²) in [5, 5.41) is 12.1. The Morgan fingerprint density at radius 2 is 1.50 bits per heavy atom. The molecule has 0 saturated carbocycles. The van der Waals surface area contributed by atoms with Crippen molar-refractivity contribution in [3.63, 3.8) is 0 Å². The number of ether oxygens (including phenoxy) is 1. The number of aliphatic carboxylic acids is 1. The largest absolute Gasteiger partial charge is 0.494 e. The molecule has 40 heavy (non-hydrogen) atoms. The highest BCUT2D eigenvalue weighted by Gasteiger charge is 2.24. The molecule has 0 saturated heterocycles. The van der Waals surface area contributed by atoms with Crippen molar-refractivity contribution in [2.24, 2.45) is 0 Å². The summed E-state index contributed by atoms with van der Waals surface area (Å²) >= 11 is 1.47. The molecular formula is C32H32N2O5S. The maximum absolute atomic E-state index is 14.0. The van der Waals surface area contributed by atoms with Crippen LogP contribution in [-0.2, 0) is 11.2 Å². The molecule has 4 aromatic rings. The SMILES string of the molecule is CCOc1cccc(CCN(CCC(=O)O)C(=O)c2ccccc2-c2ccccc2C(=O)N(C)c2cccs2)c1. The Kier molecular flexibility index (Phi) is 9.70. The molecule has 0 unspecified atom stereocenters. The van der Waals surface area contributed by atoms with Gasteiger partial charge in [-0.3, -0.25) is 14.4 Å². The number of benzene rings is 3. The maximum atomic E-state index is 14.0. The first-order valence-electron chi connectivity index (χ1n) is 13.1. The predicted molar refractivity (Wildman–Crippen MR) is 158 cm³/mol. The van der Waals surface area contributed by atoms with Crippen molar-refractivity contribution in [3.05, 3.63) is 107 Å². The van der Waals surface area contributed by atoms with Crippen LogP contribution in [0.3, 0.4) is 0 Å². The molecule has 1 aromatic heterocycles. The summed E-state index contributed by atoms with van der Waals surface area (Å²) in [6.07, 6.45) is 0.364. The fourth-order valence-electron chi connectivity index (χ4n) is 4.49. The number of carboxylic acids is 1. The van der Waals surface area contributed by atoms with Crippen molar-refractivity contribution in [3.8, 4) is 16.9 Å². The number of carbonyl (C=O) groups excluding carboxylic acids is 2. The second-order valence-corrected chi connectivity index (χ2v) is 10.1. The number of carbonyl (C=O) groups is 3. The van der Waals surface area contributed by atoms with E-state index in [0.717, 1.165) is 16.3 Å². The first kappa shape index (κ1) is 28.6. The summed E-state index contributed by atoms with van der Waals surface area (Å²) in [7, 11) is 1.73. The second-order valence-electron chi connectivity index (χ2n) is 9.17. The van der Waals surface area contributed by atoms with E-state index in [2.05, 4.69) is 0 Å². The summed E-state index contributed by atoms with van der Waals surface area (Å²) in [5.74, 6) is -0.691. The third-order valence-electron chi connectivity index (χ3n) is 6.51. The molecule has 0 aliphatic heterocycles. The number of thiophene rings is 1. The quantitative estimate of drug-likeness (QED) is 0.223. The van der Waals surface area contributed by atoms with Gasteiger partial charge in [0.25, 0.3) is 11.8 Å². The second kappa shape index (κ2) is 13.6. The van der Waals surface area contributed by atoms with Crippen molar-refractivity contribution in [2.45, 2.75) is 19.8 Å². The van der Waals surface area contributed by atoms with Crippen LogP contribution in [-0.4, -0.2) is 54.5 Å². The number of rotatable bonds is 12. The highest BCUT2D eigenvalue weighted by Crippen LogP contribution is 2.31. The summed E-state index contributed by atoms with van der Waals surface area (Å²) in [5.41, 5.74) is 3.13. The van der Waals surface area contributed by atoms with E-state index in [1.54, 1.807) is 41.1 Å². The molecule has 0 fully saturated rings. The first-order valence-corrected chi connectivity index (χ1v) is 14.0. The summed E-state index contributed by atoms with van der Waals surface area (Å²) in [4.78, 5) is 42.1. The smallest absolute Gasteiger partial charge is 0.305 e. The van der Waals surface area contributed by atoms with E-state index in [-0.39, 0.29) is 24.8 Å². The molecule has 7 nitrogen and oxygen atoms in total. The molecular weight excluding hydrogens is 524 g/mol. The van der Waals surface area contributed by atoms with E-state index in [4.69, 9.17) is 4.74 Å². The topological polar surface area (TPSA) is 87.1 Å². The minimum absolute atomic E-state index is 0.0648. The summed E-state index contributed by atoms with van der Waals surface area (Å²) in [6.45, 7) is 2.87. The van der Waals surface area contributed by atoms with Crippen LogP contribution in [0.2, 0.25) is 0 Å². The Morgan fingerprint density at radius 1 is 0.825 bits per heavy atom. The first-order chi connectivity index (χ1) is 19.4. The fourth-order valence-corrected chi connectivity index (χ4v) is 5.18. The van der Waals surface area contributed by atoms with Gasteiger partial charge < -0.3 is 19.6 Å². The van der Waals surface area contributed by atoms with Gasteiger partial charge in [-0.25, -0.2) is 0 Å². The lowest BCUT2D eigenvalue weighted by atomic mass is 9.94. The summed E-state index contributed by atoms with van der Waals surface area (Å²) < 4.78 is 5.60. The molecule has 0 radical (unpaired) electrons. The monoisotopic (exact) mass is 556 g/mol. The van der Waals surface area contributed by atoms with Crippen molar-refractivity contribution in [2.75, 3.05) is 31.6 Å². The maximum Gasteiger partial charge on any atom is 0.305 e. The predicted octanol–water partition coefficient (Wildman–Crippen LogP) is 6.25. The molecule has 0 aliphatic carbocycles. The minimum Gasteiger partial charge on any atom is -0.494 e. The standard InChI is InChI=1S/C32H32N2O5S/c1-3-39-24-11-8-10-23(22-24)17-19-34(20-18-30(35)36)32(38)28-15-7-5-13-26(28)25-12-4-6-14-27(25)31(37)33(2)29-16-9-21-40-29/h4-16,21-22H,3,17-20H2,1-2H3,(H,35,36). The van der Waals surface area contributed by atoms with Crippen molar-refractivity contribution >= 4 is 34.1 Å². The van der Waals surface area contributed by atoms with E-state index < -0.39 is 5.97 Å². The van der Waals surface area contributed by atoms with Gasteiger partial charge in [0.15, 0.2) is 0 Å². The normalized spacial score (nSPS) is 10.7. The van der Waals surface area contributed by atoms with E-state index in [9.17, 15) is 19.5 Å². The van der Waals surface area contributed by atoms with E-state index in [0.29, 0.717) is 41.8 Å². The fraction of sp³-hybridized carbons (Fsp3) is 0.219. The molecule has 1 heterocycles. The zero-order valence-corrected chi connectivity index (χ0v) is 23.4. The van der Waals surface area contributed by atoms with Crippen LogP contribution in [0.5, 0.6) is 5.75 Å². The Morgan fingerprint density at radius 3 is 2.12 bits per heavy atom. The lowest BCUT2D eigenvalue weighted by molar-refractivity contribution is -0.137. The number of anilines is 1. The Balaban J connectivity index is 1.65. The van der Waals surface area contributed by atoms with Crippen LogP contribution >= 0.6 is 11.3 Å². The molecule has 4 rings (SSSR count). The molecule has 0 spiro atoms. The summed E-state index contributed by atoms with van der Waals surface area (Å²) in [6, 6.07) is 25.9. The van der Waals surface area contributed by atoms with E-state index >= 15 is 0 Å². The molecule has 206 valence electrons. The molecule has 1 N–H and O–H groups in total. The number of hydrogen-bond acceptors (Lipinski definition) is 5. The van der Waals surface area contributed by atoms with Crippen LogP contribution < -0.4 is 9.64 Å². The lowest BCUT2D eigenvalue weighted by Gasteiger charge is -2.24. The Bertz CT molecular complexity index is 1470. The molecule has 0 aliphatic rings. The molecule has 2 amide bonds. The van der Waals surface area contributed by atoms with Crippen LogP contribution in [0.4, 0.5) is 5.00 Å². The van der Waals surface area contributed by atoms with Crippen LogP contribution in [0.15, 0.2) is 90.3 Å². The van der Waals surface area contributed by atoms with Gasteiger partial charge in [-0.1, -0.05) is 48.5 Å². The van der Waals surface area contributed by atoms with Crippen LogP contribution in [0, 0.1) is 0 Å². The van der Waals surface area contributed by atoms with Gasteiger partial charge in [-0.05, 0) is 71.8 Å². The molecule has 3 aromatic carbocycles. The van der Waals surface area contributed by atoms with E-state index in [1.165, 1.54) is 11.3 Å². The van der Waals surface area contributed by atoms with Crippen molar-refractivity contribution < 1.29 is 24.2 Å². The highest BCUT2D eigenvalue weighted by molar-refractivity contribution is 7.14. The minimum atomic E-state index is -0.975. The van der Waals surface area contributed by atoms with E-state index in [1.807, 2.05) is 73.0 Å². The van der Waals surface area contributed by atoms with Crippen LogP contribution in [0.1, 0.15) is 39.6 Å². The molecule has 8 heteroatoms. The van der Waals surface area contributed by atoms with Gasteiger partial charge in [0.1, 0.15) is 5.75 Å². The molecule has 0 atom stereocenters. The number of nitrogens with zero attached hydrogens (tertiary/aromatic N) is 2. The third-order valence-corrected chi connectivity index (χ3v) is 7.45. The van der Waals surface area contributed by atoms with Gasteiger partial charge in [-0.2, -0.15) is 0 Å². The van der Waals surface area contributed by atoms with Gasteiger partial charge in [-0.15, -0.1) is 11.3 Å². The number of amides is 2. The average molecular weight is 557 g/mol. The molecule has 0 bridgehead atoms. The van der Waals surface area contributed by atoms with Crippen LogP contribution in [0.25, 0.3) is 11.1 Å². The zero-order chi connectivity index (χ0) is 28.5. The van der Waals surface area contributed by atoms with Gasteiger partial charge >= 0.3 is 5.97 Å².